The molecule has 1 atom stereocenters. The molecule has 0 bridgehead atoms. The lowest BCUT2D eigenvalue weighted by molar-refractivity contribution is 0.0948. The number of aliphatic hydroxyl groups is 1. The van der Waals surface area contributed by atoms with Crippen molar-refractivity contribution < 1.29 is 14.6 Å². The van der Waals surface area contributed by atoms with Crippen LogP contribution in [0.4, 0.5) is 0 Å². The standard InChI is InChI=1S/C27H32N4O4/c32-13-10-28-11-14-35-26-8-7-21-15-23(6-5-22(21)16-26)27(33)29-17-25(30-34)19-31-12-9-20-3-1-2-4-24(20)18-31/h1-8,15-16,25,28,32H,9-14,17-19H2,(H,29,33). The first kappa shape index (κ1) is 24.8. The molecule has 0 radical (unpaired) electrons. The second-order valence-electron chi connectivity index (χ2n) is 8.77. The number of benzene rings is 3. The number of carbonyl (C=O) groups is 1. The first-order chi connectivity index (χ1) is 17.2. The highest BCUT2D eigenvalue weighted by atomic mass is 16.5. The number of nitrogens with zero attached hydrogens (tertiary/aromatic N) is 2. The molecule has 0 saturated heterocycles. The van der Waals surface area contributed by atoms with Gasteiger partial charge in [0.1, 0.15) is 18.4 Å². The zero-order valence-corrected chi connectivity index (χ0v) is 19.8. The van der Waals surface area contributed by atoms with Gasteiger partial charge >= 0.3 is 0 Å². The van der Waals surface area contributed by atoms with Crippen LogP contribution in [0.3, 0.4) is 0 Å². The zero-order chi connectivity index (χ0) is 24.5. The van der Waals surface area contributed by atoms with Gasteiger partial charge in [-0.25, -0.2) is 0 Å². The molecule has 0 aromatic heterocycles. The Morgan fingerprint density at radius 3 is 2.69 bits per heavy atom. The maximum atomic E-state index is 12.7. The molecule has 0 spiro atoms. The molecule has 1 amide bonds. The summed E-state index contributed by atoms with van der Waals surface area (Å²) in [6.07, 6.45) is 0.957. The van der Waals surface area contributed by atoms with Crippen LogP contribution < -0.4 is 15.4 Å². The Labute approximate surface area is 205 Å². The van der Waals surface area contributed by atoms with E-state index in [2.05, 4.69) is 38.9 Å². The van der Waals surface area contributed by atoms with Gasteiger partial charge in [-0.2, -0.15) is 4.91 Å². The molecule has 0 aliphatic carbocycles. The van der Waals surface area contributed by atoms with Crippen molar-refractivity contribution in [2.45, 2.75) is 19.0 Å². The molecule has 3 aromatic carbocycles. The fraction of sp³-hybridized carbons (Fsp3) is 0.370. The molecular formula is C27H32N4O4. The Hall–Kier alpha value is -3.33. The van der Waals surface area contributed by atoms with Gasteiger partial charge in [-0.05, 0) is 52.6 Å². The van der Waals surface area contributed by atoms with Gasteiger partial charge in [0.05, 0.1) is 6.61 Å². The predicted molar refractivity (Wildman–Crippen MR) is 137 cm³/mol. The quantitative estimate of drug-likeness (QED) is 0.274. The largest absolute Gasteiger partial charge is 0.492 e. The Balaban J connectivity index is 1.29. The van der Waals surface area contributed by atoms with Crippen LogP contribution in [-0.2, 0) is 13.0 Å². The van der Waals surface area contributed by atoms with E-state index < -0.39 is 6.04 Å². The van der Waals surface area contributed by atoms with Crippen LogP contribution in [-0.4, -0.2) is 67.9 Å². The average Bonchev–Trinajstić information content (AvgIpc) is 2.90. The molecule has 184 valence electrons. The number of nitroso groups, excluding NO2 is 1. The van der Waals surface area contributed by atoms with Crippen LogP contribution in [0.15, 0.2) is 65.8 Å². The summed E-state index contributed by atoms with van der Waals surface area (Å²) in [5, 5.41) is 19.9. The number of rotatable bonds is 12. The number of nitrogens with one attached hydrogen (secondary N) is 2. The fourth-order valence-electron chi connectivity index (χ4n) is 4.36. The third kappa shape index (κ3) is 6.85. The minimum Gasteiger partial charge on any atom is -0.492 e. The van der Waals surface area contributed by atoms with E-state index in [4.69, 9.17) is 9.84 Å². The molecular weight excluding hydrogens is 444 g/mol. The number of hydrogen-bond acceptors (Lipinski definition) is 7. The van der Waals surface area contributed by atoms with Gasteiger partial charge in [-0.1, -0.05) is 41.6 Å². The van der Waals surface area contributed by atoms with E-state index in [1.807, 2.05) is 36.4 Å². The Morgan fingerprint density at radius 1 is 1.06 bits per heavy atom. The molecule has 3 N–H and O–H groups in total. The Kier molecular flexibility index (Phi) is 8.78. The first-order valence-corrected chi connectivity index (χ1v) is 12.0. The number of hydrogen-bond donors (Lipinski definition) is 3. The monoisotopic (exact) mass is 476 g/mol. The molecule has 1 aliphatic rings. The molecule has 1 aliphatic heterocycles. The van der Waals surface area contributed by atoms with Crippen LogP contribution in [0.1, 0.15) is 21.5 Å². The summed E-state index contributed by atoms with van der Waals surface area (Å²) in [6.45, 7) is 4.21. The number of carbonyl (C=O) groups excluding carboxylic acids is 1. The molecule has 4 rings (SSSR count). The second-order valence-corrected chi connectivity index (χ2v) is 8.77. The summed E-state index contributed by atoms with van der Waals surface area (Å²) in [4.78, 5) is 26.4. The summed E-state index contributed by atoms with van der Waals surface area (Å²) in [5.41, 5.74) is 3.18. The number of amides is 1. The number of aliphatic hydroxyl groups excluding tert-OH is 1. The van der Waals surface area contributed by atoms with E-state index in [1.54, 1.807) is 6.07 Å². The highest BCUT2D eigenvalue weighted by Gasteiger charge is 2.20. The van der Waals surface area contributed by atoms with Gasteiger partial charge in [0.15, 0.2) is 0 Å². The maximum Gasteiger partial charge on any atom is 0.251 e. The summed E-state index contributed by atoms with van der Waals surface area (Å²) >= 11 is 0. The van der Waals surface area contributed by atoms with Gasteiger partial charge in [0.25, 0.3) is 5.91 Å². The average molecular weight is 477 g/mol. The van der Waals surface area contributed by atoms with E-state index in [9.17, 15) is 9.70 Å². The van der Waals surface area contributed by atoms with Crippen LogP contribution >= 0.6 is 0 Å². The molecule has 1 unspecified atom stereocenters. The van der Waals surface area contributed by atoms with Crippen LogP contribution in [0.25, 0.3) is 10.8 Å². The smallest absolute Gasteiger partial charge is 0.251 e. The minimum atomic E-state index is -0.503. The molecule has 0 fully saturated rings. The number of ether oxygens (including phenoxy) is 1. The number of fused-ring (bicyclic) bond motifs is 2. The van der Waals surface area contributed by atoms with E-state index in [0.717, 1.165) is 36.0 Å². The van der Waals surface area contributed by atoms with Crippen molar-refractivity contribution in [1.82, 2.24) is 15.5 Å². The predicted octanol–water partition coefficient (Wildman–Crippen LogP) is 2.72. The van der Waals surface area contributed by atoms with Gasteiger partial charge in [-0.3, -0.25) is 9.69 Å². The lowest BCUT2D eigenvalue weighted by Crippen LogP contribution is -2.41. The summed E-state index contributed by atoms with van der Waals surface area (Å²) in [5.74, 6) is 0.528. The van der Waals surface area contributed by atoms with Gasteiger partial charge in [0.2, 0.25) is 0 Å². The van der Waals surface area contributed by atoms with Crippen molar-refractivity contribution in [1.29, 1.82) is 0 Å². The van der Waals surface area contributed by atoms with Crippen molar-refractivity contribution >= 4 is 16.7 Å². The SMILES string of the molecule is O=NC(CNC(=O)c1ccc2cc(OCCNCCO)ccc2c1)CN1CCc2ccccc2C1. The summed E-state index contributed by atoms with van der Waals surface area (Å²) in [7, 11) is 0. The topological polar surface area (TPSA) is 103 Å². The lowest BCUT2D eigenvalue weighted by atomic mass is 9.99. The van der Waals surface area contributed by atoms with Crippen molar-refractivity contribution in [2.75, 3.05) is 45.9 Å². The van der Waals surface area contributed by atoms with Crippen molar-refractivity contribution in [2.24, 2.45) is 5.18 Å². The lowest BCUT2D eigenvalue weighted by Gasteiger charge is -2.30. The Bertz CT molecular complexity index is 1150. The maximum absolute atomic E-state index is 12.7. The van der Waals surface area contributed by atoms with Crippen LogP contribution in [0.2, 0.25) is 0 Å². The normalized spacial score (nSPS) is 14.3. The Morgan fingerprint density at radius 2 is 1.86 bits per heavy atom. The third-order valence-corrected chi connectivity index (χ3v) is 6.24. The van der Waals surface area contributed by atoms with Gasteiger partial charge < -0.3 is 20.5 Å². The molecule has 1 heterocycles. The first-order valence-electron chi connectivity index (χ1n) is 12.0. The van der Waals surface area contributed by atoms with Crippen molar-refractivity contribution in [3.63, 3.8) is 0 Å². The van der Waals surface area contributed by atoms with Crippen molar-refractivity contribution in [3.05, 3.63) is 82.3 Å². The van der Waals surface area contributed by atoms with Crippen LogP contribution in [0, 0.1) is 4.91 Å². The summed E-state index contributed by atoms with van der Waals surface area (Å²) < 4.78 is 5.73. The van der Waals surface area contributed by atoms with E-state index >= 15 is 0 Å². The molecule has 3 aromatic rings. The van der Waals surface area contributed by atoms with Crippen molar-refractivity contribution in [3.8, 4) is 5.75 Å². The third-order valence-electron chi connectivity index (χ3n) is 6.24. The molecule has 8 heteroatoms. The fourth-order valence-corrected chi connectivity index (χ4v) is 4.36. The van der Waals surface area contributed by atoms with Crippen LogP contribution in [0.5, 0.6) is 5.75 Å². The highest BCUT2D eigenvalue weighted by Crippen LogP contribution is 2.22. The molecule has 8 nitrogen and oxygen atoms in total. The van der Waals surface area contributed by atoms with Gasteiger partial charge in [0, 0.05) is 44.8 Å². The van der Waals surface area contributed by atoms with Gasteiger partial charge in [-0.15, -0.1) is 0 Å². The highest BCUT2D eigenvalue weighted by molar-refractivity contribution is 5.98. The van der Waals surface area contributed by atoms with E-state index in [0.29, 0.717) is 31.8 Å². The molecule has 35 heavy (non-hydrogen) atoms. The second kappa shape index (κ2) is 12.4. The van der Waals surface area contributed by atoms with E-state index in [-0.39, 0.29) is 19.1 Å². The van der Waals surface area contributed by atoms with E-state index in [1.165, 1.54) is 11.1 Å². The molecule has 0 saturated carbocycles. The minimum absolute atomic E-state index is 0.103. The summed E-state index contributed by atoms with van der Waals surface area (Å²) in [6, 6.07) is 19.1. The zero-order valence-electron chi connectivity index (χ0n) is 19.8.